The van der Waals surface area contributed by atoms with Crippen LogP contribution in [-0.2, 0) is 29.3 Å². The SMILES string of the molecule is N[C@@H](COCc1cc(C(F)(F)F)cc(C(F)(F)F)c1)C(CN1CC(O)(c2ccccc2)C1)c1ccc(Cl)c(Cl)c1. The highest BCUT2D eigenvalue weighted by Crippen LogP contribution is 2.37. The highest BCUT2D eigenvalue weighted by Gasteiger charge is 2.43. The summed E-state index contributed by atoms with van der Waals surface area (Å²) in [6.45, 7) is 0.394. The summed E-state index contributed by atoms with van der Waals surface area (Å²) < 4.78 is 84.7. The van der Waals surface area contributed by atoms with Crippen molar-refractivity contribution in [3.05, 3.63) is 105 Å². The molecule has 216 valence electrons. The molecule has 0 aliphatic carbocycles. The number of benzene rings is 3. The van der Waals surface area contributed by atoms with Crippen molar-refractivity contribution in [1.82, 2.24) is 4.90 Å². The zero-order chi connectivity index (χ0) is 29.3. The summed E-state index contributed by atoms with van der Waals surface area (Å²) in [7, 11) is 0. The average molecular weight is 607 g/mol. The van der Waals surface area contributed by atoms with E-state index in [-0.39, 0.29) is 18.2 Å². The van der Waals surface area contributed by atoms with Gasteiger partial charge in [-0.25, -0.2) is 0 Å². The monoisotopic (exact) mass is 606 g/mol. The predicted molar refractivity (Wildman–Crippen MR) is 140 cm³/mol. The van der Waals surface area contributed by atoms with Gasteiger partial charge in [-0.1, -0.05) is 59.6 Å². The summed E-state index contributed by atoms with van der Waals surface area (Å²) in [5.41, 5.74) is 3.83. The van der Waals surface area contributed by atoms with Gasteiger partial charge < -0.3 is 15.6 Å². The summed E-state index contributed by atoms with van der Waals surface area (Å²) >= 11 is 12.3. The second-order valence-corrected chi connectivity index (χ2v) is 10.8. The second kappa shape index (κ2) is 11.9. The van der Waals surface area contributed by atoms with E-state index >= 15 is 0 Å². The first-order chi connectivity index (χ1) is 18.7. The summed E-state index contributed by atoms with van der Waals surface area (Å²) in [6.07, 6.45) is -9.91. The summed E-state index contributed by atoms with van der Waals surface area (Å²) in [5.74, 6) is -0.401. The number of alkyl halides is 6. The highest BCUT2D eigenvalue weighted by atomic mass is 35.5. The van der Waals surface area contributed by atoms with Crippen LogP contribution < -0.4 is 5.73 Å². The van der Waals surface area contributed by atoms with Crippen LogP contribution >= 0.6 is 23.2 Å². The molecule has 1 saturated heterocycles. The maximum atomic E-state index is 13.2. The Bertz CT molecular complexity index is 1280. The lowest BCUT2D eigenvalue weighted by atomic mass is 9.83. The fourth-order valence-corrected chi connectivity index (χ4v) is 5.10. The smallest absolute Gasteiger partial charge is 0.382 e. The van der Waals surface area contributed by atoms with Crippen LogP contribution in [-0.4, -0.2) is 42.3 Å². The Morgan fingerprint density at radius 3 is 2.02 bits per heavy atom. The first kappa shape index (κ1) is 30.6. The molecule has 0 spiro atoms. The van der Waals surface area contributed by atoms with Crippen molar-refractivity contribution in [2.24, 2.45) is 5.73 Å². The average Bonchev–Trinajstić information content (AvgIpc) is 2.87. The van der Waals surface area contributed by atoms with E-state index in [1.54, 1.807) is 18.2 Å². The lowest BCUT2D eigenvalue weighted by molar-refractivity contribution is -0.143. The first-order valence-electron chi connectivity index (χ1n) is 12.2. The van der Waals surface area contributed by atoms with Gasteiger partial charge in [0.1, 0.15) is 5.60 Å². The van der Waals surface area contributed by atoms with Crippen LogP contribution in [0.2, 0.25) is 10.0 Å². The standard InChI is InChI=1S/C28H26Cl2F6N2O2/c29-23-7-6-18(10-24(23)30)22(12-38-15-26(39,16-38)19-4-2-1-3-5-19)25(37)14-40-13-17-8-20(27(31,32)33)11-21(9-17)28(34,35)36/h1-11,22,25,39H,12-16,37H2/t22?,25-/m0/s1. The van der Waals surface area contributed by atoms with Crippen LogP contribution in [0.4, 0.5) is 26.3 Å². The van der Waals surface area contributed by atoms with E-state index in [2.05, 4.69) is 0 Å². The normalized spacial score (nSPS) is 17.4. The molecule has 1 aliphatic heterocycles. The molecule has 4 rings (SSSR count). The van der Waals surface area contributed by atoms with E-state index < -0.39 is 47.6 Å². The molecular formula is C28H26Cl2F6N2O2. The van der Waals surface area contributed by atoms with Gasteiger partial charge in [0, 0.05) is 31.6 Å². The number of β-amino-alcohol motifs (C(OH)–C–C–N with tert-alkyl or cyclic N) is 1. The molecule has 3 N–H and O–H groups in total. The van der Waals surface area contributed by atoms with Crippen molar-refractivity contribution in [2.45, 2.75) is 36.5 Å². The Balaban J connectivity index is 1.47. The number of ether oxygens (including phenoxy) is 1. The summed E-state index contributed by atoms with van der Waals surface area (Å²) in [6, 6.07) is 14.8. The Labute approximate surface area is 237 Å². The number of hydrogen-bond acceptors (Lipinski definition) is 4. The molecule has 3 aromatic carbocycles. The number of nitrogens with zero attached hydrogens (tertiary/aromatic N) is 1. The van der Waals surface area contributed by atoms with Crippen molar-refractivity contribution in [3.8, 4) is 0 Å². The van der Waals surface area contributed by atoms with Gasteiger partial charge in [-0.2, -0.15) is 26.3 Å². The molecule has 0 saturated carbocycles. The third-order valence-corrected chi connectivity index (χ3v) is 7.59. The van der Waals surface area contributed by atoms with Gasteiger partial charge in [0.15, 0.2) is 0 Å². The molecule has 0 aromatic heterocycles. The van der Waals surface area contributed by atoms with Gasteiger partial charge in [-0.15, -0.1) is 0 Å². The largest absolute Gasteiger partial charge is 0.416 e. The fraction of sp³-hybridized carbons (Fsp3) is 0.357. The van der Waals surface area contributed by atoms with E-state index in [0.29, 0.717) is 41.8 Å². The zero-order valence-electron chi connectivity index (χ0n) is 20.9. The van der Waals surface area contributed by atoms with Crippen LogP contribution in [0.1, 0.15) is 33.7 Å². The van der Waals surface area contributed by atoms with E-state index in [1.807, 2.05) is 35.2 Å². The lowest BCUT2D eigenvalue weighted by Crippen LogP contribution is -2.60. The van der Waals surface area contributed by atoms with Crippen molar-refractivity contribution in [3.63, 3.8) is 0 Å². The van der Waals surface area contributed by atoms with E-state index in [4.69, 9.17) is 33.7 Å². The molecule has 12 heteroatoms. The molecule has 0 radical (unpaired) electrons. The van der Waals surface area contributed by atoms with Gasteiger partial charge >= 0.3 is 12.4 Å². The van der Waals surface area contributed by atoms with Crippen molar-refractivity contribution in [2.75, 3.05) is 26.2 Å². The van der Waals surface area contributed by atoms with Crippen LogP contribution in [0.3, 0.4) is 0 Å². The van der Waals surface area contributed by atoms with Crippen LogP contribution in [0, 0.1) is 0 Å². The number of aliphatic hydroxyl groups is 1. The van der Waals surface area contributed by atoms with Gasteiger partial charge in [-0.05, 0) is 47.0 Å². The van der Waals surface area contributed by atoms with Crippen LogP contribution in [0.25, 0.3) is 0 Å². The fourth-order valence-electron chi connectivity index (χ4n) is 4.79. The zero-order valence-corrected chi connectivity index (χ0v) is 22.5. The molecule has 1 aliphatic rings. The molecular weight excluding hydrogens is 581 g/mol. The number of hydrogen-bond donors (Lipinski definition) is 2. The molecule has 1 unspecified atom stereocenters. The highest BCUT2D eigenvalue weighted by molar-refractivity contribution is 6.42. The van der Waals surface area contributed by atoms with Crippen molar-refractivity contribution in [1.29, 1.82) is 0 Å². The maximum Gasteiger partial charge on any atom is 0.416 e. The predicted octanol–water partition coefficient (Wildman–Crippen LogP) is 6.86. The molecule has 0 bridgehead atoms. The van der Waals surface area contributed by atoms with Crippen LogP contribution in [0.5, 0.6) is 0 Å². The third-order valence-electron chi connectivity index (χ3n) is 6.85. The maximum absolute atomic E-state index is 13.2. The quantitative estimate of drug-likeness (QED) is 0.261. The minimum absolute atomic E-state index is 0.0687. The minimum Gasteiger partial charge on any atom is -0.382 e. The number of likely N-dealkylation sites (tertiary alicyclic amines) is 1. The van der Waals surface area contributed by atoms with Crippen molar-refractivity contribution >= 4 is 23.2 Å². The van der Waals surface area contributed by atoms with E-state index in [0.717, 1.165) is 11.1 Å². The topological polar surface area (TPSA) is 58.7 Å². The van der Waals surface area contributed by atoms with Crippen molar-refractivity contribution < 1.29 is 36.2 Å². The van der Waals surface area contributed by atoms with E-state index in [1.165, 1.54) is 0 Å². The summed E-state index contributed by atoms with van der Waals surface area (Å²) in [5, 5.41) is 11.6. The Hall–Kier alpha value is -2.34. The van der Waals surface area contributed by atoms with Gasteiger partial charge in [0.25, 0.3) is 0 Å². The summed E-state index contributed by atoms with van der Waals surface area (Å²) in [4.78, 5) is 1.99. The number of nitrogens with two attached hydrogens (primary N) is 1. The van der Waals surface area contributed by atoms with Gasteiger partial charge in [0.2, 0.25) is 0 Å². The molecule has 1 heterocycles. The Morgan fingerprint density at radius 1 is 0.875 bits per heavy atom. The third kappa shape index (κ3) is 7.29. The lowest BCUT2D eigenvalue weighted by Gasteiger charge is -2.48. The number of rotatable bonds is 9. The van der Waals surface area contributed by atoms with E-state index in [9.17, 15) is 31.4 Å². The Morgan fingerprint density at radius 2 is 1.48 bits per heavy atom. The molecule has 0 amide bonds. The molecule has 2 atom stereocenters. The molecule has 4 nitrogen and oxygen atoms in total. The molecule has 40 heavy (non-hydrogen) atoms. The molecule has 1 fully saturated rings. The minimum atomic E-state index is -4.95. The Kier molecular flexibility index (Phi) is 9.09. The molecule has 3 aromatic rings. The number of halogens is 8. The second-order valence-electron chi connectivity index (χ2n) is 9.94. The van der Waals surface area contributed by atoms with Gasteiger partial charge in [0.05, 0.1) is 34.4 Å². The first-order valence-corrected chi connectivity index (χ1v) is 13.0. The van der Waals surface area contributed by atoms with Crippen LogP contribution in [0.15, 0.2) is 66.7 Å². The van der Waals surface area contributed by atoms with Gasteiger partial charge in [-0.3, -0.25) is 4.90 Å².